The average molecular weight is 604 g/mol. The number of hydrogen-bond donors (Lipinski definition) is 1. The number of amides is 1. The number of hydrogen-bond acceptors (Lipinski definition) is 7. The van der Waals surface area contributed by atoms with Crippen LogP contribution in [0.2, 0.25) is 0 Å². The van der Waals surface area contributed by atoms with Crippen LogP contribution in [-0.4, -0.2) is 87.5 Å². The lowest BCUT2D eigenvalue weighted by atomic mass is 9.70. The third-order valence-electron chi connectivity index (χ3n) is 9.48. The molecular weight excluding hydrogens is 567 g/mol. The van der Waals surface area contributed by atoms with E-state index in [1.165, 1.54) is 4.90 Å². The summed E-state index contributed by atoms with van der Waals surface area (Å²) >= 11 is 3.48. The molecule has 1 amide bonds. The largest absolute Gasteiger partial charge is 0.465 e. The van der Waals surface area contributed by atoms with Crippen LogP contribution < -0.4 is 9.64 Å². The molecule has 3 aliphatic heterocycles. The minimum absolute atomic E-state index is 0.190. The van der Waals surface area contributed by atoms with Gasteiger partial charge >= 0.3 is 12.1 Å². The van der Waals surface area contributed by atoms with E-state index in [1.807, 2.05) is 18.9 Å². The molecule has 3 aliphatic rings. The molecule has 4 heterocycles. The van der Waals surface area contributed by atoms with Crippen LogP contribution in [0.25, 0.3) is 10.9 Å². The highest BCUT2D eigenvalue weighted by atomic mass is 79.9. The maximum atomic E-state index is 14.3. The minimum Gasteiger partial charge on any atom is -0.465 e. The van der Waals surface area contributed by atoms with Gasteiger partial charge in [-0.2, -0.15) is 15.2 Å². The van der Waals surface area contributed by atoms with Gasteiger partial charge in [0.2, 0.25) is 0 Å². The van der Waals surface area contributed by atoms with Crippen LogP contribution in [0.3, 0.4) is 0 Å². The van der Waals surface area contributed by atoms with Gasteiger partial charge in [-0.25, -0.2) is 9.18 Å². The topological polar surface area (TPSA) is 106 Å². The third kappa shape index (κ3) is 4.49. The van der Waals surface area contributed by atoms with Gasteiger partial charge < -0.3 is 19.6 Å². The Morgan fingerprint density at radius 1 is 1.36 bits per heavy atom. The summed E-state index contributed by atoms with van der Waals surface area (Å²) < 4.78 is 21.2. The van der Waals surface area contributed by atoms with Crippen LogP contribution in [0.5, 0.6) is 6.01 Å². The summed E-state index contributed by atoms with van der Waals surface area (Å²) in [6.45, 7) is 10.2. The number of nitrogens with zero attached hydrogens (tertiary/aromatic N) is 6. The summed E-state index contributed by atoms with van der Waals surface area (Å²) in [7, 11) is 1.92. The Morgan fingerprint density at radius 2 is 2.10 bits per heavy atom. The quantitative estimate of drug-likeness (QED) is 0.497. The molecule has 0 radical (unpaired) electrons. The molecule has 11 heteroatoms. The number of aromatic nitrogens is 2. The predicted octanol–water partition coefficient (Wildman–Crippen LogP) is 5.21. The molecule has 2 unspecified atom stereocenters. The lowest BCUT2D eigenvalue weighted by Crippen LogP contribution is -2.62. The van der Waals surface area contributed by atoms with Gasteiger partial charge in [0.15, 0.2) is 0 Å². The molecule has 1 aromatic heterocycles. The fourth-order valence-corrected chi connectivity index (χ4v) is 7.46. The van der Waals surface area contributed by atoms with Crippen molar-refractivity contribution >= 4 is 38.7 Å². The first-order valence-corrected chi connectivity index (χ1v) is 14.3. The van der Waals surface area contributed by atoms with Crippen molar-refractivity contribution < 1.29 is 19.0 Å². The van der Waals surface area contributed by atoms with Gasteiger partial charge in [-0.3, -0.25) is 4.90 Å². The molecule has 2 aromatic rings. The van der Waals surface area contributed by atoms with E-state index in [0.29, 0.717) is 59.3 Å². The minimum atomic E-state index is -0.946. The van der Waals surface area contributed by atoms with Crippen LogP contribution in [0, 0.1) is 16.7 Å². The van der Waals surface area contributed by atoms with Crippen LogP contribution in [0.1, 0.15) is 58.9 Å². The van der Waals surface area contributed by atoms with E-state index in [1.54, 1.807) is 12.1 Å². The molecule has 0 aliphatic carbocycles. The monoisotopic (exact) mass is 602 g/mol. The van der Waals surface area contributed by atoms with Gasteiger partial charge in [0.05, 0.1) is 28.2 Å². The zero-order valence-corrected chi connectivity index (χ0v) is 24.8. The van der Waals surface area contributed by atoms with Crippen LogP contribution in [-0.2, 0) is 0 Å². The van der Waals surface area contributed by atoms with Crippen molar-refractivity contribution in [2.24, 2.45) is 5.41 Å². The zero-order valence-electron chi connectivity index (χ0n) is 23.2. The Morgan fingerprint density at radius 3 is 2.77 bits per heavy atom. The highest BCUT2D eigenvalue weighted by Crippen LogP contribution is 2.47. The molecule has 1 N–H and O–H groups in total. The molecular formula is C28H36BrFN6O3. The van der Waals surface area contributed by atoms with Gasteiger partial charge in [0.25, 0.3) is 0 Å². The first-order valence-electron chi connectivity index (χ1n) is 13.5. The van der Waals surface area contributed by atoms with Crippen molar-refractivity contribution in [3.8, 4) is 12.1 Å². The first kappa shape index (κ1) is 27.8. The van der Waals surface area contributed by atoms with E-state index in [2.05, 4.69) is 52.7 Å². The molecule has 3 saturated heterocycles. The van der Waals surface area contributed by atoms with Gasteiger partial charge in [0.1, 0.15) is 24.7 Å². The fourth-order valence-electron chi connectivity index (χ4n) is 7.04. The highest BCUT2D eigenvalue weighted by molar-refractivity contribution is 9.10. The number of rotatable bonds is 5. The van der Waals surface area contributed by atoms with Crippen molar-refractivity contribution in [2.45, 2.75) is 76.7 Å². The molecule has 1 aromatic carbocycles. The molecule has 210 valence electrons. The van der Waals surface area contributed by atoms with E-state index < -0.39 is 17.8 Å². The summed E-state index contributed by atoms with van der Waals surface area (Å²) in [5.41, 5.74) is -0.378. The number of likely N-dealkylation sites (tertiary alicyclic amines) is 1. The maximum absolute atomic E-state index is 14.3. The summed E-state index contributed by atoms with van der Waals surface area (Å²) in [6.07, 6.45) is 1.15. The Labute approximate surface area is 237 Å². The Kier molecular flexibility index (Phi) is 6.95. The van der Waals surface area contributed by atoms with Crippen LogP contribution in [0.4, 0.5) is 15.0 Å². The van der Waals surface area contributed by atoms with E-state index in [0.717, 1.165) is 19.4 Å². The average Bonchev–Trinajstić information content (AvgIpc) is 3.51. The second-order valence-corrected chi connectivity index (χ2v) is 13.3. The normalized spacial score (nSPS) is 29.0. The molecule has 5 rings (SSSR count). The molecule has 9 nitrogen and oxygen atoms in total. The lowest BCUT2D eigenvalue weighted by molar-refractivity contribution is 0.0346. The second kappa shape index (κ2) is 9.73. The number of anilines is 1. The number of likely N-dealkylation sites (N-methyl/N-ethyl adjacent to an activating group) is 1. The fraction of sp³-hybridized carbons (Fsp3) is 0.643. The van der Waals surface area contributed by atoms with Crippen LogP contribution in [0.15, 0.2) is 16.6 Å². The zero-order chi connectivity index (χ0) is 28.3. The second-order valence-electron chi connectivity index (χ2n) is 12.4. The summed E-state index contributed by atoms with van der Waals surface area (Å²) in [5.74, 6) is 0.572. The molecule has 0 spiro atoms. The molecule has 0 saturated carbocycles. The Balaban J connectivity index is 1.57. The molecule has 3 fully saturated rings. The SMILES string of the molecule is CN(c1nc(OC[C@@]23CCCN2C[C@H](F)C3)nc2cc(Br)c(C#N)cc12)C1CCN(C(=O)O)C1(C)C(C)(C)C. The molecule has 0 bridgehead atoms. The number of benzene rings is 1. The number of fused-ring (bicyclic) bond motifs is 2. The van der Waals surface area contributed by atoms with Crippen LogP contribution >= 0.6 is 15.9 Å². The van der Waals surface area contributed by atoms with Gasteiger partial charge in [-0.1, -0.05) is 20.8 Å². The smallest absolute Gasteiger partial charge is 0.407 e. The summed E-state index contributed by atoms with van der Waals surface area (Å²) in [5, 5.41) is 20.4. The third-order valence-corrected chi connectivity index (χ3v) is 10.1. The van der Waals surface area contributed by atoms with Crippen molar-refractivity contribution in [3.05, 3.63) is 22.2 Å². The Hall–Kier alpha value is -2.71. The molecule has 4 atom stereocenters. The number of alkyl halides is 1. The van der Waals surface area contributed by atoms with Gasteiger partial charge in [0, 0.05) is 36.4 Å². The van der Waals surface area contributed by atoms with Crippen molar-refractivity contribution in [2.75, 3.05) is 38.2 Å². The maximum Gasteiger partial charge on any atom is 0.407 e. The molecule has 39 heavy (non-hydrogen) atoms. The number of carboxylic acid groups (broad SMARTS) is 1. The van der Waals surface area contributed by atoms with Crippen molar-refractivity contribution in [3.63, 3.8) is 0 Å². The first-order chi connectivity index (χ1) is 18.3. The van der Waals surface area contributed by atoms with Crippen molar-refractivity contribution in [1.82, 2.24) is 19.8 Å². The van der Waals surface area contributed by atoms with Gasteiger partial charge in [-0.05, 0) is 66.2 Å². The summed E-state index contributed by atoms with van der Waals surface area (Å²) in [6, 6.07) is 5.75. The van der Waals surface area contributed by atoms with Gasteiger partial charge in [-0.15, -0.1) is 0 Å². The van der Waals surface area contributed by atoms with E-state index in [-0.39, 0.29) is 23.0 Å². The predicted molar refractivity (Wildman–Crippen MR) is 150 cm³/mol. The highest BCUT2D eigenvalue weighted by Gasteiger charge is 2.56. The number of halogens is 2. The summed E-state index contributed by atoms with van der Waals surface area (Å²) in [4.78, 5) is 27.5. The van der Waals surface area contributed by atoms with E-state index >= 15 is 0 Å². The number of carbonyl (C=O) groups is 1. The number of nitriles is 1. The van der Waals surface area contributed by atoms with E-state index in [9.17, 15) is 19.6 Å². The standard InChI is InChI=1S/C28H36BrFN6O3/c1-26(2,3)27(4)22(7-10-36(27)25(37)38)34(5)23-19-11-17(14-31)20(29)12-21(19)32-24(33-23)39-16-28-8-6-9-35(28)15-18(30)13-28/h11-12,18,22H,6-10,13,15-16H2,1-5H3,(H,37,38)/t18-,22?,27?,28+/m1/s1. The Bertz CT molecular complexity index is 1350. The van der Waals surface area contributed by atoms with E-state index in [4.69, 9.17) is 9.72 Å². The van der Waals surface area contributed by atoms with Crippen molar-refractivity contribution in [1.29, 1.82) is 5.26 Å². The number of ether oxygens (including phenoxy) is 1. The lowest BCUT2D eigenvalue weighted by Gasteiger charge is -2.50.